The van der Waals surface area contributed by atoms with Crippen LogP contribution in [0, 0.1) is 5.41 Å². The molecule has 0 unspecified atom stereocenters. The molecule has 0 aromatic rings. The molecule has 0 saturated heterocycles. The molecule has 4 nitrogen and oxygen atoms in total. The zero-order chi connectivity index (χ0) is 11.4. The van der Waals surface area contributed by atoms with Gasteiger partial charge in [0.1, 0.15) is 0 Å². The summed E-state index contributed by atoms with van der Waals surface area (Å²) in [5, 5.41) is 3.95. The third-order valence-corrected chi connectivity index (χ3v) is 3.32. The molecular weight excluding hydrogens is 202 g/mol. The third kappa shape index (κ3) is 2.51. The fourth-order valence-corrected chi connectivity index (χ4v) is 2.32. The van der Waals surface area contributed by atoms with Crippen molar-refractivity contribution in [3.8, 4) is 0 Å². The molecular formula is C12H17N3O. The molecule has 1 atom stereocenters. The first-order valence-corrected chi connectivity index (χ1v) is 5.66. The van der Waals surface area contributed by atoms with E-state index in [9.17, 15) is 4.79 Å². The maximum Gasteiger partial charge on any atom is 0.332 e. The van der Waals surface area contributed by atoms with Crippen molar-refractivity contribution in [2.45, 2.75) is 32.1 Å². The Morgan fingerprint density at radius 2 is 2.31 bits per heavy atom. The zero-order valence-corrected chi connectivity index (χ0v) is 9.28. The highest BCUT2D eigenvalue weighted by atomic mass is 16.2. The monoisotopic (exact) mass is 219 g/mol. The van der Waals surface area contributed by atoms with Crippen molar-refractivity contribution in [3.63, 3.8) is 0 Å². The van der Waals surface area contributed by atoms with E-state index in [0.29, 0.717) is 5.41 Å². The molecule has 16 heavy (non-hydrogen) atoms. The van der Waals surface area contributed by atoms with Crippen LogP contribution in [0.4, 0.5) is 4.79 Å². The van der Waals surface area contributed by atoms with E-state index in [-0.39, 0.29) is 0 Å². The van der Waals surface area contributed by atoms with E-state index in [1.807, 2.05) is 6.08 Å². The molecule has 2 rings (SSSR count). The van der Waals surface area contributed by atoms with Crippen LogP contribution >= 0.6 is 0 Å². The van der Waals surface area contributed by atoms with Crippen LogP contribution in [0.15, 0.2) is 29.4 Å². The first-order chi connectivity index (χ1) is 7.70. The molecule has 86 valence electrons. The number of urea groups is 1. The number of primary amides is 1. The molecule has 0 aromatic heterocycles. The molecule has 0 fully saturated rings. The molecule has 0 bridgehead atoms. The van der Waals surface area contributed by atoms with Crippen molar-refractivity contribution in [2.24, 2.45) is 16.3 Å². The second kappa shape index (κ2) is 4.51. The molecule has 4 heteroatoms. The number of rotatable bonds is 1. The molecule has 2 aliphatic carbocycles. The fraction of sp³-hybridized carbons (Fsp3) is 0.500. The van der Waals surface area contributed by atoms with E-state index in [4.69, 9.17) is 5.73 Å². The highest BCUT2D eigenvalue weighted by molar-refractivity contribution is 5.96. The second-order valence-corrected chi connectivity index (χ2v) is 4.49. The number of allylic oxidation sites excluding steroid dienone is 4. The summed E-state index contributed by atoms with van der Waals surface area (Å²) in [4.78, 5) is 10.5. The average Bonchev–Trinajstić information content (AvgIpc) is 2.29. The second-order valence-electron chi connectivity index (χ2n) is 4.49. The van der Waals surface area contributed by atoms with Crippen molar-refractivity contribution in [1.29, 1.82) is 0 Å². The van der Waals surface area contributed by atoms with E-state index in [1.165, 1.54) is 6.42 Å². The lowest BCUT2D eigenvalue weighted by Crippen LogP contribution is -2.28. The summed E-state index contributed by atoms with van der Waals surface area (Å²) < 4.78 is 0. The molecule has 0 aliphatic heterocycles. The van der Waals surface area contributed by atoms with Gasteiger partial charge in [-0.05, 0) is 43.6 Å². The lowest BCUT2D eigenvalue weighted by molar-refractivity contribution is 0.249. The fourth-order valence-electron chi connectivity index (χ4n) is 2.32. The van der Waals surface area contributed by atoms with Gasteiger partial charge in [0.15, 0.2) is 0 Å². The molecule has 0 saturated carbocycles. The van der Waals surface area contributed by atoms with Crippen LogP contribution in [0.5, 0.6) is 0 Å². The Morgan fingerprint density at radius 1 is 1.44 bits per heavy atom. The van der Waals surface area contributed by atoms with Crippen molar-refractivity contribution in [1.82, 2.24) is 5.43 Å². The summed E-state index contributed by atoms with van der Waals surface area (Å²) in [6.07, 6.45) is 14.3. The molecule has 0 heterocycles. The van der Waals surface area contributed by atoms with Gasteiger partial charge < -0.3 is 5.73 Å². The number of nitrogens with one attached hydrogen (secondary N) is 1. The minimum absolute atomic E-state index is 0.334. The lowest BCUT2D eigenvalue weighted by Gasteiger charge is -2.34. The van der Waals surface area contributed by atoms with Gasteiger partial charge in [-0.3, -0.25) is 0 Å². The minimum Gasteiger partial charge on any atom is -0.350 e. The van der Waals surface area contributed by atoms with Crippen LogP contribution in [0.3, 0.4) is 0 Å². The Bertz CT molecular complexity index is 370. The number of amides is 2. The van der Waals surface area contributed by atoms with Gasteiger partial charge in [-0.25, -0.2) is 10.2 Å². The number of hydrogen-bond donors (Lipinski definition) is 2. The first-order valence-electron chi connectivity index (χ1n) is 5.66. The molecule has 2 amide bonds. The van der Waals surface area contributed by atoms with Crippen LogP contribution in [0.25, 0.3) is 0 Å². The number of nitrogens with two attached hydrogens (primary N) is 1. The summed E-state index contributed by atoms with van der Waals surface area (Å²) in [5.41, 5.74) is 8.46. The van der Waals surface area contributed by atoms with Gasteiger partial charge in [0.2, 0.25) is 0 Å². The molecule has 2 aliphatic rings. The predicted octanol–water partition coefficient (Wildman–Crippen LogP) is 2.09. The number of hydrogen-bond acceptors (Lipinski definition) is 2. The molecule has 3 N–H and O–H groups in total. The predicted molar refractivity (Wildman–Crippen MR) is 64.0 cm³/mol. The standard InChI is InChI=1S/C12H17N3O/c13-11(16)15-14-10-4-8-12(9-5-10)6-2-1-3-7-12/h1-2,4,8H,3,5-7,9H2,(H3,13,15,16)/b14-10+/t12-/m1/s1. The molecule has 1 spiro atoms. The Hall–Kier alpha value is -1.58. The van der Waals surface area contributed by atoms with Crippen molar-refractivity contribution in [2.75, 3.05) is 0 Å². The third-order valence-electron chi connectivity index (χ3n) is 3.32. The van der Waals surface area contributed by atoms with Gasteiger partial charge in [0, 0.05) is 0 Å². The summed E-state index contributed by atoms with van der Waals surface area (Å²) in [6.45, 7) is 0. The first kappa shape index (κ1) is 10.9. The Labute approximate surface area is 95.3 Å². The summed E-state index contributed by atoms with van der Waals surface area (Å²) in [7, 11) is 0. The van der Waals surface area contributed by atoms with Crippen molar-refractivity contribution >= 4 is 11.7 Å². The van der Waals surface area contributed by atoms with Gasteiger partial charge in [-0.1, -0.05) is 18.2 Å². The van der Waals surface area contributed by atoms with Crippen LogP contribution < -0.4 is 11.2 Å². The SMILES string of the molecule is NC(=O)N/N=C1\C=C[C@]2(CC=CCC2)CC1. The Kier molecular flexibility index (Phi) is 3.08. The van der Waals surface area contributed by atoms with Crippen LogP contribution in [-0.2, 0) is 0 Å². The van der Waals surface area contributed by atoms with E-state index in [1.54, 1.807) is 0 Å². The van der Waals surface area contributed by atoms with Crippen LogP contribution in [-0.4, -0.2) is 11.7 Å². The van der Waals surface area contributed by atoms with Crippen LogP contribution in [0.2, 0.25) is 0 Å². The van der Waals surface area contributed by atoms with Gasteiger partial charge in [-0.15, -0.1) is 0 Å². The van der Waals surface area contributed by atoms with Gasteiger partial charge in [0.05, 0.1) is 5.71 Å². The maximum atomic E-state index is 10.5. The largest absolute Gasteiger partial charge is 0.350 e. The minimum atomic E-state index is -0.609. The van der Waals surface area contributed by atoms with Crippen molar-refractivity contribution < 1.29 is 4.79 Å². The molecule has 0 aromatic carbocycles. The molecule has 0 radical (unpaired) electrons. The number of hydrazone groups is 1. The number of carbonyl (C=O) groups excluding carboxylic acids is 1. The zero-order valence-electron chi connectivity index (χ0n) is 9.28. The van der Waals surface area contributed by atoms with E-state index in [0.717, 1.165) is 31.4 Å². The normalized spacial score (nSPS) is 30.9. The summed E-state index contributed by atoms with van der Waals surface area (Å²) in [5.74, 6) is 0. The van der Waals surface area contributed by atoms with Gasteiger partial charge >= 0.3 is 6.03 Å². The highest BCUT2D eigenvalue weighted by Crippen LogP contribution is 2.40. The van der Waals surface area contributed by atoms with E-state index >= 15 is 0 Å². The summed E-state index contributed by atoms with van der Waals surface area (Å²) in [6, 6.07) is -0.609. The van der Waals surface area contributed by atoms with E-state index < -0.39 is 6.03 Å². The van der Waals surface area contributed by atoms with E-state index in [2.05, 4.69) is 28.8 Å². The Morgan fingerprint density at radius 3 is 2.88 bits per heavy atom. The van der Waals surface area contributed by atoms with Gasteiger partial charge in [-0.2, -0.15) is 5.10 Å². The quantitative estimate of drug-likeness (QED) is 0.514. The number of nitrogens with zero attached hydrogens (tertiary/aromatic N) is 1. The van der Waals surface area contributed by atoms with Crippen LogP contribution in [0.1, 0.15) is 32.1 Å². The topological polar surface area (TPSA) is 67.5 Å². The smallest absolute Gasteiger partial charge is 0.332 e. The summed E-state index contributed by atoms with van der Waals surface area (Å²) >= 11 is 0. The van der Waals surface area contributed by atoms with Crippen molar-refractivity contribution in [3.05, 3.63) is 24.3 Å². The lowest BCUT2D eigenvalue weighted by atomic mass is 9.71. The van der Waals surface area contributed by atoms with Gasteiger partial charge in [0.25, 0.3) is 0 Å². The maximum absolute atomic E-state index is 10.5. The highest BCUT2D eigenvalue weighted by Gasteiger charge is 2.29. The Balaban J connectivity index is 2.01. The number of carbonyl (C=O) groups is 1. The average molecular weight is 219 g/mol.